The third-order valence-electron chi connectivity index (χ3n) is 25.0. The minimum Gasteiger partial charge on any atom is -0.478 e. The number of amides is 4. The molecule has 5 saturated carbocycles. The number of nitrogens with zero attached hydrogens (tertiary/aromatic N) is 17. The molecule has 125 heavy (non-hydrogen) atoms. The number of aromatic amines is 4. The second kappa shape index (κ2) is 35.1. The van der Waals surface area contributed by atoms with E-state index in [0.29, 0.717) is 90.5 Å². The van der Waals surface area contributed by atoms with Gasteiger partial charge in [-0.2, -0.15) is 10.5 Å². The summed E-state index contributed by atoms with van der Waals surface area (Å²) in [7, 11) is 8.30. The van der Waals surface area contributed by atoms with Gasteiger partial charge in [0.25, 0.3) is 5.91 Å². The van der Waals surface area contributed by atoms with Crippen LogP contribution in [-0.4, -0.2) is 255 Å². The second-order valence-electron chi connectivity index (χ2n) is 38.2. The lowest BCUT2D eigenvalue weighted by atomic mass is 9.60. The molecule has 5 aliphatic carbocycles. The zero-order chi connectivity index (χ0) is 89.5. The maximum Gasteiger partial charge on any atom is 0.410 e. The van der Waals surface area contributed by atoms with Crippen LogP contribution in [0.2, 0.25) is 5.15 Å². The van der Waals surface area contributed by atoms with Gasteiger partial charge in [-0.15, -0.1) is 0 Å². The molecular formula is C89H108ClF2N23O10. The molecule has 10 fully saturated rings. The van der Waals surface area contributed by atoms with Crippen molar-refractivity contribution in [1.82, 2.24) is 90.0 Å². The second-order valence-corrected chi connectivity index (χ2v) is 38.6. The number of carbonyl (C=O) groups is 6. The van der Waals surface area contributed by atoms with Gasteiger partial charge in [0.2, 0.25) is 0 Å². The number of benzene rings is 2. The lowest BCUT2D eigenvalue weighted by Gasteiger charge is -2.60. The molecule has 33 nitrogen and oxygen atoms in total. The van der Waals surface area contributed by atoms with Crippen LogP contribution in [0.3, 0.4) is 0 Å². The summed E-state index contributed by atoms with van der Waals surface area (Å²) in [4.78, 5) is 129. The quantitative estimate of drug-likeness (QED) is 0.0521. The number of ketones is 1. The predicted molar refractivity (Wildman–Crippen MR) is 465 cm³/mol. The van der Waals surface area contributed by atoms with Crippen LogP contribution in [0.1, 0.15) is 158 Å². The summed E-state index contributed by atoms with van der Waals surface area (Å²) >= 11 is 5.73. The minimum atomic E-state index is -1.21. The number of halogens is 3. The van der Waals surface area contributed by atoms with Gasteiger partial charge in [-0.25, -0.2) is 67.8 Å². The first-order chi connectivity index (χ1) is 59.2. The highest BCUT2D eigenvalue weighted by Gasteiger charge is 2.59. The predicted octanol–water partition coefficient (Wildman–Crippen LogP) is 12.8. The van der Waals surface area contributed by atoms with Crippen molar-refractivity contribution >= 4 is 109 Å². The molecule has 10 aliphatic rings. The van der Waals surface area contributed by atoms with Crippen LogP contribution in [0, 0.1) is 61.4 Å². The van der Waals surface area contributed by atoms with Gasteiger partial charge in [0, 0.05) is 176 Å². The normalized spacial score (nSPS) is 20.0. The Labute approximate surface area is 727 Å². The summed E-state index contributed by atoms with van der Waals surface area (Å²) in [6.07, 6.45) is 23.5. The number of likely N-dealkylation sites (tertiary alicyclic amines) is 4. The molecule has 36 heteroatoms. The van der Waals surface area contributed by atoms with Gasteiger partial charge < -0.3 is 84.2 Å². The highest BCUT2D eigenvalue weighted by atomic mass is 35.5. The lowest BCUT2D eigenvalue weighted by Crippen LogP contribution is -2.67. The number of carboxylic acids is 1. The fourth-order valence-corrected chi connectivity index (χ4v) is 18.6. The maximum absolute atomic E-state index is 13.8. The van der Waals surface area contributed by atoms with E-state index in [9.17, 15) is 37.5 Å². The number of hydrogen-bond donors (Lipinski definition) is 7. The monoisotopic (exact) mass is 1730 g/mol. The third kappa shape index (κ3) is 19.8. The molecule has 660 valence electrons. The number of hydrogen-bond acceptors (Lipinski definition) is 24. The molecule has 13 heterocycles. The highest BCUT2D eigenvalue weighted by Crippen LogP contribution is 2.54. The maximum atomic E-state index is 13.8. The van der Waals surface area contributed by atoms with E-state index < -0.39 is 28.8 Å². The van der Waals surface area contributed by atoms with E-state index in [4.69, 9.17) is 41.4 Å². The van der Waals surface area contributed by atoms with Crippen molar-refractivity contribution in [2.75, 3.05) is 108 Å². The van der Waals surface area contributed by atoms with E-state index in [0.717, 1.165) is 132 Å². The summed E-state index contributed by atoms with van der Waals surface area (Å²) in [5, 5.41) is 36.7. The molecule has 5 saturated heterocycles. The van der Waals surface area contributed by atoms with Crippen molar-refractivity contribution < 1.29 is 56.9 Å². The van der Waals surface area contributed by atoms with E-state index in [-0.39, 0.29) is 62.7 Å². The van der Waals surface area contributed by atoms with E-state index in [1.54, 1.807) is 47.1 Å². The number of anilines is 3. The van der Waals surface area contributed by atoms with Crippen LogP contribution < -0.4 is 25.3 Å². The topological polar surface area (TPSA) is 411 Å². The summed E-state index contributed by atoms with van der Waals surface area (Å²) in [6, 6.07) is 20.5. The highest BCUT2D eigenvalue weighted by molar-refractivity contribution is 6.33. The van der Waals surface area contributed by atoms with Gasteiger partial charge in [0.05, 0.1) is 38.2 Å². The van der Waals surface area contributed by atoms with Crippen molar-refractivity contribution in [3.63, 3.8) is 0 Å². The number of fused-ring (bicyclic) bond motifs is 4. The number of aromatic carboxylic acids is 1. The molecule has 0 bridgehead atoms. The van der Waals surface area contributed by atoms with Crippen LogP contribution in [0.4, 0.5) is 40.6 Å². The number of nitrogens with one attached hydrogen (secondary N) is 6. The summed E-state index contributed by atoms with van der Waals surface area (Å²) in [6.45, 7) is 25.5. The molecular weight excluding hydrogens is 1620 g/mol. The van der Waals surface area contributed by atoms with Crippen LogP contribution >= 0.6 is 11.6 Å². The van der Waals surface area contributed by atoms with E-state index >= 15 is 0 Å². The molecule has 2 aromatic carbocycles. The Bertz CT molecular complexity index is 5710. The number of nitriles is 2. The molecule has 5 aliphatic heterocycles. The SMILES string of the molecule is CC(C)(C)OC(=O)N1CC2(CC(=O)C2)C1.CN(c1ncnc2[nH]ccc12)C1CC2(C1)CN(C(=O)OC(C)(C)C)C2.CN(c1ncnc2[nH]ccc12)C1CC2(C1)CN(C(=O)c1ccc(C#N)c(F)c1)C2.CN(c1ncnc2[nH]ccc12)C1CC2(CNC2)C1.CNC1CC2(C1)CN(C(=O)OC(C)(C)C)C2.Clc1ncnc2[nH]ccc12.N#Cc1ccc(C(=O)O)cc1F. The van der Waals surface area contributed by atoms with Gasteiger partial charge in [0.1, 0.15) is 117 Å². The zero-order valence-electron chi connectivity index (χ0n) is 72.7. The molecule has 10 aromatic rings. The Kier molecular flexibility index (Phi) is 25.0. The van der Waals surface area contributed by atoms with Gasteiger partial charge in [0.15, 0.2) is 0 Å². The van der Waals surface area contributed by atoms with Crippen molar-refractivity contribution in [3.05, 3.63) is 150 Å². The van der Waals surface area contributed by atoms with Gasteiger partial charge in [-0.3, -0.25) is 9.59 Å². The zero-order valence-corrected chi connectivity index (χ0v) is 73.5. The Morgan fingerprint density at radius 2 is 0.808 bits per heavy atom. The fourth-order valence-electron chi connectivity index (χ4n) is 18.4. The Balaban J connectivity index is 0.000000122. The average molecular weight is 1730 g/mol. The molecule has 5 spiro atoms. The molecule has 7 N–H and O–H groups in total. The molecule has 0 radical (unpaired) electrons. The Hall–Kier alpha value is -12.2. The summed E-state index contributed by atoms with van der Waals surface area (Å²) in [5.41, 5.74) is 3.60. The first-order valence-electron chi connectivity index (χ1n) is 41.9. The van der Waals surface area contributed by atoms with Crippen LogP contribution in [0.15, 0.2) is 111 Å². The average Bonchev–Trinajstić information content (AvgIpc) is 1.43. The number of aromatic nitrogens is 12. The molecule has 4 amide bonds. The number of rotatable bonds is 9. The van der Waals surface area contributed by atoms with Gasteiger partial charge in [-0.1, -0.05) is 11.6 Å². The number of Topliss-reactive ketones (excluding diaryl/α,β-unsaturated/α-hetero) is 1. The minimum absolute atomic E-state index is 0.0484. The van der Waals surface area contributed by atoms with Crippen molar-refractivity contribution in [3.8, 4) is 12.1 Å². The first kappa shape index (κ1) is 89.1. The number of ether oxygens (including phenoxy) is 3. The third-order valence-corrected chi connectivity index (χ3v) is 25.3. The van der Waals surface area contributed by atoms with Crippen LogP contribution in [-0.2, 0) is 19.0 Å². The van der Waals surface area contributed by atoms with Crippen molar-refractivity contribution in [2.45, 2.75) is 167 Å². The largest absolute Gasteiger partial charge is 0.478 e. The first-order valence-corrected chi connectivity index (χ1v) is 42.3. The number of carboxylic acid groups (broad SMARTS) is 1. The van der Waals surface area contributed by atoms with E-state index in [1.165, 1.54) is 63.3 Å². The van der Waals surface area contributed by atoms with Gasteiger partial charge >= 0.3 is 24.2 Å². The Morgan fingerprint density at radius 1 is 0.480 bits per heavy atom. The summed E-state index contributed by atoms with van der Waals surface area (Å²) < 4.78 is 42.5. The lowest BCUT2D eigenvalue weighted by molar-refractivity contribution is -0.144. The fraction of sp³-hybridized carbons (Fsp3) is 0.506. The number of carbonyl (C=O) groups excluding carboxylic acids is 5. The molecule has 20 rings (SSSR count). The van der Waals surface area contributed by atoms with E-state index in [2.05, 4.69) is 105 Å². The number of H-pyrrole nitrogens is 4. The van der Waals surface area contributed by atoms with Crippen molar-refractivity contribution in [2.24, 2.45) is 27.1 Å². The standard InChI is InChI=1S/C21H19FN6O.C18H25N5O2.C13H17N5.C12H22N2O2.C11H17NO3.C8H4FNO2.C6H4ClN3/c1-27(19-16-4-5-24-18(16)25-12-26-19)15-7-21(8-15)10-28(11-21)20(29)13-2-3-14(9-23)17(22)6-13;1-17(2,3)25-16(24)23-9-18(10-23)7-12(8-18)22(4)15-13-5-6-19-14(13)20-11-21-15;1-18(9-4-13(5-9)6-14-7-13)12-10-2-3-15-11(10)16-8-17-12;1-11(2,3)16-10(15)14-7-12(8-14)5-9(6-12)13-4;1-10(2,3)15-9(14)12-6-11(7-12)4-8(13)5-11;9-7-3-5(8(11)12)1-2-6(7)4-10;7-5-4-1-2-8-6(4)10-3-9-5/h2-6,12,15H,7-8,10-11H2,1H3,(H,24,25,26);5-6,11-12H,7-10H2,1-4H3,(H,19,20,21);2-3,8-9,14H,4-7H2,1H3,(H,15,16,17);9,13H,5-8H2,1-4H3;4-7H2,1-3H3;1-3H,(H,11,12);1-3H,(H,8,9,10). The molecule has 8 aromatic heterocycles. The molecule has 0 unspecified atom stereocenters. The smallest absolute Gasteiger partial charge is 0.410 e. The van der Waals surface area contributed by atoms with Crippen LogP contribution in [0.25, 0.3) is 44.1 Å². The van der Waals surface area contributed by atoms with E-state index in [1.807, 2.05) is 123 Å². The van der Waals surface area contributed by atoms with Crippen LogP contribution in [0.5, 0.6) is 0 Å². The molecule has 0 atom stereocenters. The summed E-state index contributed by atoms with van der Waals surface area (Å²) in [5.74, 6) is 0.398. The van der Waals surface area contributed by atoms with Crippen molar-refractivity contribution in [1.29, 1.82) is 10.5 Å². The van der Waals surface area contributed by atoms with Gasteiger partial charge in [-0.05, 0) is 187 Å². The Morgan fingerprint density at radius 3 is 1.14 bits per heavy atom.